The van der Waals surface area contributed by atoms with Crippen LogP contribution in [0.15, 0.2) is 47.4 Å². The molecular weight excluding hydrogens is 462 g/mol. The number of anilines is 1. The zero-order chi connectivity index (χ0) is 23.4. The molecule has 4 rings (SSSR count). The molecule has 0 N–H and O–H groups in total. The van der Waals surface area contributed by atoms with Gasteiger partial charge in [-0.05, 0) is 48.9 Å². The van der Waals surface area contributed by atoms with Crippen LogP contribution in [0, 0.1) is 0 Å². The number of hydrogen-bond donors (Lipinski definition) is 0. The van der Waals surface area contributed by atoms with E-state index in [0.717, 1.165) is 21.1 Å². The number of ether oxygens (including phenoxy) is 2. The smallest absolute Gasteiger partial charge is 0.222 e. The summed E-state index contributed by atoms with van der Waals surface area (Å²) < 4.78 is 36.5. The molecule has 0 aliphatic carbocycles. The van der Waals surface area contributed by atoms with Gasteiger partial charge in [-0.2, -0.15) is 0 Å². The number of thiazole rings is 1. The van der Waals surface area contributed by atoms with Crippen molar-refractivity contribution < 1.29 is 22.7 Å². The Hall–Kier alpha value is -2.85. The number of sulfone groups is 1. The van der Waals surface area contributed by atoms with E-state index >= 15 is 0 Å². The Labute approximate surface area is 197 Å². The lowest BCUT2D eigenvalue weighted by atomic mass is 10.2. The Bertz CT molecular complexity index is 1220. The molecule has 8 nitrogen and oxygen atoms in total. The van der Waals surface area contributed by atoms with Gasteiger partial charge in [-0.3, -0.25) is 4.79 Å². The summed E-state index contributed by atoms with van der Waals surface area (Å²) in [6.07, 6.45) is 0.517. The molecule has 176 valence electrons. The van der Waals surface area contributed by atoms with Crippen molar-refractivity contribution in [3.8, 4) is 11.5 Å². The zero-order valence-corrected chi connectivity index (χ0v) is 20.3. The third-order valence-corrected chi connectivity index (χ3v) is 8.60. The average molecular weight is 490 g/mol. The van der Waals surface area contributed by atoms with Gasteiger partial charge in [0.1, 0.15) is 11.5 Å². The van der Waals surface area contributed by atoms with Crippen LogP contribution in [0.2, 0.25) is 0 Å². The minimum atomic E-state index is -3.42. The van der Waals surface area contributed by atoms with Gasteiger partial charge in [-0.1, -0.05) is 11.3 Å². The molecule has 10 heteroatoms. The minimum absolute atomic E-state index is 0.00591. The van der Waals surface area contributed by atoms with Crippen molar-refractivity contribution in [3.05, 3.63) is 42.5 Å². The average Bonchev–Trinajstić information content (AvgIpc) is 3.27. The summed E-state index contributed by atoms with van der Waals surface area (Å²) in [5, 5.41) is 0.941. The number of piperazine rings is 1. The fraction of sp³-hybridized carbons (Fsp3) is 0.391. The van der Waals surface area contributed by atoms with Crippen LogP contribution in [0.4, 0.5) is 5.13 Å². The van der Waals surface area contributed by atoms with Crippen molar-refractivity contribution in [3.63, 3.8) is 0 Å². The highest BCUT2D eigenvalue weighted by molar-refractivity contribution is 7.91. The van der Waals surface area contributed by atoms with Crippen molar-refractivity contribution >= 4 is 42.4 Å². The molecule has 3 aromatic rings. The normalized spacial score (nSPS) is 14.5. The fourth-order valence-corrected chi connectivity index (χ4v) is 6.13. The monoisotopic (exact) mass is 489 g/mol. The molecule has 0 bridgehead atoms. The number of carbonyl (C=O) groups excluding carboxylic acids is 1. The first kappa shape index (κ1) is 23.3. The Morgan fingerprint density at radius 2 is 1.67 bits per heavy atom. The number of hydrogen-bond acceptors (Lipinski definition) is 8. The summed E-state index contributed by atoms with van der Waals surface area (Å²) in [7, 11) is -0.245. The number of nitrogens with zero attached hydrogens (tertiary/aromatic N) is 3. The third kappa shape index (κ3) is 5.39. The van der Waals surface area contributed by atoms with Crippen LogP contribution in [-0.4, -0.2) is 70.4 Å². The van der Waals surface area contributed by atoms with E-state index < -0.39 is 9.84 Å². The van der Waals surface area contributed by atoms with Crippen LogP contribution in [-0.2, 0) is 14.6 Å². The quantitative estimate of drug-likeness (QED) is 0.480. The first-order valence-corrected chi connectivity index (χ1v) is 13.2. The molecule has 0 saturated carbocycles. The summed E-state index contributed by atoms with van der Waals surface area (Å²) >= 11 is 1.62. The molecule has 1 saturated heterocycles. The number of carbonyl (C=O) groups is 1. The lowest BCUT2D eigenvalue weighted by Gasteiger charge is -2.34. The van der Waals surface area contributed by atoms with Crippen LogP contribution in [0.25, 0.3) is 10.2 Å². The number of aromatic nitrogens is 1. The van der Waals surface area contributed by atoms with Gasteiger partial charge in [0.15, 0.2) is 15.0 Å². The molecule has 0 spiro atoms. The van der Waals surface area contributed by atoms with Gasteiger partial charge >= 0.3 is 0 Å². The number of rotatable bonds is 8. The summed E-state index contributed by atoms with van der Waals surface area (Å²) in [5.41, 5.74) is 0.937. The van der Waals surface area contributed by atoms with Gasteiger partial charge in [0.25, 0.3) is 0 Å². The van der Waals surface area contributed by atoms with Crippen LogP contribution < -0.4 is 14.4 Å². The highest BCUT2D eigenvalue weighted by Gasteiger charge is 2.24. The second-order valence-corrected chi connectivity index (χ2v) is 10.9. The minimum Gasteiger partial charge on any atom is -0.497 e. The Balaban J connectivity index is 1.27. The van der Waals surface area contributed by atoms with Crippen LogP contribution in [0.1, 0.15) is 12.8 Å². The van der Waals surface area contributed by atoms with Crippen LogP contribution in [0.5, 0.6) is 11.5 Å². The highest BCUT2D eigenvalue weighted by atomic mass is 32.2. The molecular formula is C23H27N3O5S2. The van der Waals surface area contributed by atoms with E-state index in [0.29, 0.717) is 38.3 Å². The second-order valence-electron chi connectivity index (χ2n) is 7.80. The maximum Gasteiger partial charge on any atom is 0.222 e. The van der Waals surface area contributed by atoms with E-state index in [4.69, 9.17) is 14.5 Å². The number of benzene rings is 2. The zero-order valence-electron chi connectivity index (χ0n) is 18.7. The molecule has 1 aromatic heterocycles. The third-order valence-electron chi connectivity index (χ3n) is 5.71. The van der Waals surface area contributed by atoms with E-state index in [1.54, 1.807) is 30.6 Å². The fourth-order valence-electron chi connectivity index (χ4n) is 3.77. The standard InChI is InChI=1S/C23H27N3O5S2/c1-30-17-5-8-19(9-6-17)33(28,29)15-3-4-22(27)25-11-13-26(14-12-25)23-24-20-10-7-18(31-2)16-21(20)32-23/h5-10,16H,3-4,11-15H2,1-2H3. The summed E-state index contributed by atoms with van der Waals surface area (Å²) in [4.78, 5) is 21.6. The lowest BCUT2D eigenvalue weighted by molar-refractivity contribution is -0.131. The lowest BCUT2D eigenvalue weighted by Crippen LogP contribution is -2.48. The van der Waals surface area contributed by atoms with Crippen molar-refractivity contribution in [2.75, 3.05) is 51.1 Å². The Morgan fingerprint density at radius 1 is 1.00 bits per heavy atom. The topological polar surface area (TPSA) is 89.0 Å². The number of fused-ring (bicyclic) bond motifs is 1. The van der Waals surface area contributed by atoms with Crippen molar-refractivity contribution in [2.24, 2.45) is 0 Å². The molecule has 0 atom stereocenters. The largest absolute Gasteiger partial charge is 0.497 e. The molecule has 1 amide bonds. The summed E-state index contributed by atoms with van der Waals surface area (Å²) in [6.45, 7) is 2.60. The summed E-state index contributed by atoms with van der Waals surface area (Å²) in [5.74, 6) is 1.35. The molecule has 0 unspecified atom stereocenters. The molecule has 33 heavy (non-hydrogen) atoms. The maximum absolute atomic E-state index is 12.6. The molecule has 2 heterocycles. The van der Waals surface area contributed by atoms with Crippen LogP contribution >= 0.6 is 11.3 Å². The Morgan fingerprint density at radius 3 is 2.33 bits per heavy atom. The van der Waals surface area contributed by atoms with Crippen molar-refractivity contribution in [1.29, 1.82) is 0 Å². The maximum atomic E-state index is 12.6. The number of methoxy groups -OCH3 is 2. The highest BCUT2D eigenvalue weighted by Crippen LogP contribution is 2.32. The molecule has 1 aliphatic rings. The van der Waals surface area contributed by atoms with E-state index in [1.807, 2.05) is 23.1 Å². The summed E-state index contributed by atoms with van der Waals surface area (Å²) in [6, 6.07) is 12.2. The van der Waals surface area contributed by atoms with E-state index in [2.05, 4.69) is 4.90 Å². The van der Waals surface area contributed by atoms with Gasteiger partial charge < -0.3 is 19.3 Å². The second kappa shape index (κ2) is 9.96. The molecule has 0 radical (unpaired) electrons. The van der Waals surface area contributed by atoms with E-state index in [1.165, 1.54) is 19.2 Å². The molecule has 1 fully saturated rings. The predicted octanol–water partition coefficient (Wildman–Crippen LogP) is 3.22. The first-order chi connectivity index (χ1) is 15.9. The van der Waals surface area contributed by atoms with E-state index in [9.17, 15) is 13.2 Å². The number of amides is 1. The van der Waals surface area contributed by atoms with Crippen LogP contribution in [0.3, 0.4) is 0 Å². The van der Waals surface area contributed by atoms with Gasteiger partial charge in [0.2, 0.25) is 5.91 Å². The van der Waals surface area contributed by atoms with Gasteiger partial charge in [-0.25, -0.2) is 13.4 Å². The van der Waals surface area contributed by atoms with Crippen molar-refractivity contribution in [2.45, 2.75) is 17.7 Å². The SMILES string of the molecule is COc1ccc(S(=O)(=O)CCCC(=O)N2CCN(c3nc4ccc(OC)cc4s3)CC2)cc1. The van der Waals surface area contributed by atoms with Gasteiger partial charge in [-0.15, -0.1) is 0 Å². The molecule has 2 aromatic carbocycles. The molecule has 1 aliphatic heterocycles. The van der Waals surface area contributed by atoms with Gasteiger partial charge in [0, 0.05) is 32.6 Å². The predicted molar refractivity (Wildman–Crippen MR) is 129 cm³/mol. The van der Waals surface area contributed by atoms with E-state index in [-0.39, 0.29) is 23.0 Å². The van der Waals surface area contributed by atoms with Crippen molar-refractivity contribution in [1.82, 2.24) is 9.88 Å². The Kier molecular flexibility index (Phi) is 7.04. The first-order valence-electron chi connectivity index (χ1n) is 10.7. The van der Waals surface area contributed by atoms with Gasteiger partial charge in [0.05, 0.1) is 35.1 Å².